The summed E-state index contributed by atoms with van der Waals surface area (Å²) in [7, 11) is 0. The maximum absolute atomic E-state index is 12.8. The number of carbonyl (C=O) groups is 1. The number of amides is 1. The average molecular weight is 412 g/mol. The number of hydrogen-bond donors (Lipinski definition) is 1. The minimum atomic E-state index is -0.107. The number of nitrogens with one attached hydrogen (secondary N) is 1. The van der Waals surface area contributed by atoms with Gasteiger partial charge in [0, 0.05) is 36.6 Å². The normalized spacial score (nSPS) is 14.6. The number of aromatic nitrogens is 2. The van der Waals surface area contributed by atoms with Crippen molar-refractivity contribution in [3.8, 4) is 5.69 Å². The quantitative estimate of drug-likeness (QED) is 0.536. The van der Waals surface area contributed by atoms with Crippen LogP contribution in [0.1, 0.15) is 15.9 Å². The number of fused-ring (bicyclic) bond motifs is 1. The van der Waals surface area contributed by atoms with Crippen molar-refractivity contribution in [1.82, 2.24) is 14.5 Å². The molecule has 156 valence electrons. The molecule has 0 spiro atoms. The Bertz CT molecular complexity index is 1190. The fourth-order valence-electron chi connectivity index (χ4n) is 3.90. The Kier molecular flexibility index (Phi) is 5.48. The molecule has 0 unspecified atom stereocenters. The summed E-state index contributed by atoms with van der Waals surface area (Å²) in [6.45, 7) is 4.22. The van der Waals surface area contributed by atoms with Crippen LogP contribution in [0, 0.1) is 0 Å². The van der Waals surface area contributed by atoms with Gasteiger partial charge in [-0.1, -0.05) is 24.3 Å². The fraction of sp³-hybridized carbons (Fsp3) is 0.200. The highest BCUT2D eigenvalue weighted by Crippen LogP contribution is 2.20. The maximum Gasteiger partial charge on any atom is 0.255 e. The van der Waals surface area contributed by atoms with E-state index in [0.29, 0.717) is 5.56 Å². The third-order valence-corrected chi connectivity index (χ3v) is 5.56. The highest BCUT2D eigenvalue weighted by molar-refractivity contribution is 6.04. The van der Waals surface area contributed by atoms with Gasteiger partial charge in [-0.05, 0) is 54.1 Å². The van der Waals surface area contributed by atoms with Crippen molar-refractivity contribution in [2.45, 2.75) is 6.54 Å². The molecular formula is C25H24N4O2. The highest BCUT2D eigenvalue weighted by Gasteiger charge is 2.13. The van der Waals surface area contributed by atoms with Crippen LogP contribution in [-0.2, 0) is 11.3 Å². The summed E-state index contributed by atoms with van der Waals surface area (Å²) >= 11 is 0. The first-order valence-corrected chi connectivity index (χ1v) is 10.5. The molecule has 1 saturated heterocycles. The molecular weight excluding hydrogens is 388 g/mol. The van der Waals surface area contributed by atoms with Crippen LogP contribution in [0.3, 0.4) is 0 Å². The lowest BCUT2D eigenvalue weighted by Crippen LogP contribution is -2.35. The number of morpholine rings is 1. The van der Waals surface area contributed by atoms with E-state index in [-0.39, 0.29) is 5.91 Å². The Morgan fingerprint density at radius 3 is 2.61 bits per heavy atom. The second kappa shape index (κ2) is 8.71. The topological polar surface area (TPSA) is 59.4 Å². The van der Waals surface area contributed by atoms with Crippen molar-refractivity contribution >= 4 is 22.6 Å². The molecule has 6 nitrogen and oxygen atoms in total. The Morgan fingerprint density at radius 2 is 1.77 bits per heavy atom. The van der Waals surface area contributed by atoms with Crippen LogP contribution in [-0.4, -0.2) is 46.7 Å². The van der Waals surface area contributed by atoms with E-state index >= 15 is 0 Å². The lowest BCUT2D eigenvalue weighted by molar-refractivity contribution is 0.0342. The molecule has 0 saturated carbocycles. The van der Waals surface area contributed by atoms with Crippen LogP contribution in [0.2, 0.25) is 0 Å². The van der Waals surface area contributed by atoms with E-state index in [0.717, 1.165) is 60.8 Å². The number of nitrogens with zero attached hydrogens (tertiary/aromatic N) is 3. The van der Waals surface area contributed by atoms with Gasteiger partial charge in [-0.2, -0.15) is 0 Å². The monoisotopic (exact) mass is 412 g/mol. The Labute approximate surface area is 181 Å². The predicted molar refractivity (Wildman–Crippen MR) is 122 cm³/mol. The molecule has 31 heavy (non-hydrogen) atoms. The molecule has 1 amide bonds. The molecule has 3 aromatic carbocycles. The van der Waals surface area contributed by atoms with E-state index in [2.05, 4.69) is 21.3 Å². The molecule has 0 aliphatic carbocycles. The van der Waals surface area contributed by atoms with E-state index in [1.807, 2.05) is 77.6 Å². The van der Waals surface area contributed by atoms with Gasteiger partial charge in [-0.15, -0.1) is 0 Å². The second-order valence-corrected chi connectivity index (χ2v) is 7.69. The zero-order chi connectivity index (χ0) is 21.0. The van der Waals surface area contributed by atoms with Gasteiger partial charge in [0.05, 0.1) is 24.2 Å². The number of benzene rings is 3. The molecule has 1 aliphatic heterocycles. The van der Waals surface area contributed by atoms with Gasteiger partial charge in [-0.25, -0.2) is 4.98 Å². The number of imidazole rings is 1. The van der Waals surface area contributed by atoms with Crippen LogP contribution in [0.4, 0.5) is 5.69 Å². The minimum absolute atomic E-state index is 0.107. The van der Waals surface area contributed by atoms with Gasteiger partial charge in [0.2, 0.25) is 0 Å². The molecule has 0 bridgehead atoms. The molecule has 0 atom stereocenters. The Hall–Kier alpha value is -3.48. The van der Waals surface area contributed by atoms with Gasteiger partial charge in [0.15, 0.2) is 0 Å². The van der Waals surface area contributed by atoms with Crippen molar-refractivity contribution in [1.29, 1.82) is 0 Å². The van der Waals surface area contributed by atoms with Crippen LogP contribution in [0.25, 0.3) is 16.7 Å². The van der Waals surface area contributed by atoms with Gasteiger partial charge in [0.1, 0.15) is 6.33 Å². The lowest BCUT2D eigenvalue weighted by atomic mass is 10.1. The molecule has 1 N–H and O–H groups in total. The van der Waals surface area contributed by atoms with Gasteiger partial charge in [0.25, 0.3) is 5.91 Å². The SMILES string of the molecule is O=C(Nc1ccc(-n2cnc3ccccc32)cc1)c1cccc(CN2CCOCC2)c1. The van der Waals surface area contributed by atoms with E-state index < -0.39 is 0 Å². The number of para-hydroxylation sites is 2. The predicted octanol–water partition coefficient (Wildman–Crippen LogP) is 4.11. The van der Waals surface area contributed by atoms with E-state index in [4.69, 9.17) is 4.74 Å². The van der Waals surface area contributed by atoms with Gasteiger partial charge < -0.3 is 10.1 Å². The summed E-state index contributed by atoms with van der Waals surface area (Å²) < 4.78 is 7.45. The van der Waals surface area contributed by atoms with E-state index in [9.17, 15) is 4.79 Å². The van der Waals surface area contributed by atoms with E-state index in [1.54, 1.807) is 0 Å². The number of hydrogen-bond acceptors (Lipinski definition) is 4. The molecule has 1 fully saturated rings. The Balaban J connectivity index is 1.28. The standard InChI is InChI=1S/C25H24N4O2/c30-25(20-5-3-4-19(16-20)17-28-12-14-31-15-13-28)27-21-8-10-22(11-9-21)29-18-26-23-6-1-2-7-24(23)29/h1-11,16,18H,12-15,17H2,(H,27,30). The van der Waals surface area contributed by atoms with Crippen molar-refractivity contribution in [2.24, 2.45) is 0 Å². The Morgan fingerprint density at radius 1 is 0.968 bits per heavy atom. The zero-order valence-corrected chi connectivity index (χ0v) is 17.2. The first kappa shape index (κ1) is 19.5. The molecule has 6 heteroatoms. The summed E-state index contributed by atoms with van der Waals surface area (Å²) in [5.74, 6) is -0.107. The summed E-state index contributed by atoms with van der Waals surface area (Å²) in [4.78, 5) is 19.6. The lowest BCUT2D eigenvalue weighted by Gasteiger charge is -2.26. The van der Waals surface area contributed by atoms with Gasteiger partial charge >= 0.3 is 0 Å². The smallest absolute Gasteiger partial charge is 0.255 e. The summed E-state index contributed by atoms with van der Waals surface area (Å²) in [6, 6.07) is 23.7. The number of carbonyl (C=O) groups excluding carboxylic acids is 1. The third kappa shape index (κ3) is 4.35. The van der Waals surface area contributed by atoms with Crippen LogP contribution in [0.5, 0.6) is 0 Å². The van der Waals surface area contributed by atoms with E-state index in [1.165, 1.54) is 0 Å². The molecule has 4 aromatic rings. The number of ether oxygens (including phenoxy) is 1. The molecule has 0 radical (unpaired) electrons. The first-order chi connectivity index (χ1) is 15.3. The zero-order valence-electron chi connectivity index (χ0n) is 17.2. The van der Waals surface area contributed by atoms with Crippen LogP contribution in [0.15, 0.2) is 79.1 Å². The average Bonchev–Trinajstić information content (AvgIpc) is 3.25. The van der Waals surface area contributed by atoms with Crippen molar-refractivity contribution < 1.29 is 9.53 Å². The van der Waals surface area contributed by atoms with Crippen LogP contribution >= 0.6 is 0 Å². The van der Waals surface area contributed by atoms with Crippen molar-refractivity contribution in [3.63, 3.8) is 0 Å². The number of anilines is 1. The van der Waals surface area contributed by atoms with Gasteiger partial charge in [-0.3, -0.25) is 14.3 Å². The molecule has 5 rings (SSSR count). The van der Waals surface area contributed by atoms with Crippen LogP contribution < -0.4 is 5.32 Å². The second-order valence-electron chi connectivity index (χ2n) is 7.69. The largest absolute Gasteiger partial charge is 0.379 e. The maximum atomic E-state index is 12.8. The highest BCUT2D eigenvalue weighted by atomic mass is 16.5. The molecule has 2 heterocycles. The summed E-state index contributed by atoms with van der Waals surface area (Å²) in [5, 5.41) is 3.00. The molecule has 1 aromatic heterocycles. The van der Waals surface area contributed by atoms with Crippen molar-refractivity contribution in [3.05, 3.63) is 90.3 Å². The first-order valence-electron chi connectivity index (χ1n) is 10.5. The molecule has 1 aliphatic rings. The van der Waals surface area contributed by atoms with Crippen molar-refractivity contribution in [2.75, 3.05) is 31.6 Å². The third-order valence-electron chi connectivity index (χ3n) is 5.56. The summed E-state index contributed by atoms with van der Waals surface area (Å²) in [5.41, 5.74) is 5.57. The summed E-state index contributed by atoms with van der Waals surface area (Å²) in [6.07, 6.45) is 1.82. The fourth-order valence-corrected chi connectivity index (χ4v) is 3.90. The number of rotatable bonds is 5. The minimum Gasteiger partial charge on any atom is -0.379 e.